The zero-order chi connectivity index (χ0) is 15.6. The van der Waals surface area contributed by atoms with E-state index in [9.17, 15) is 0 Å². The second-order valence-electron chi connectivity index (χ2n) is 6.34. The van der Waals surface area contributed by atoms with Gasteiger partial charge in [0.25, 0.3) is 0 Å². The second-order valence-corrected chi connectivity index (χ2v) is 6.34. The molecule has 0 fully saturated rings. The van der Waals surface area contributed by atoms with E-state index in [2.05, 4.69) is 76.3 Å². The predicted octanol–water partition coefficient (Wildman–Crippen LogP) is 5.04. The summed E-state index contributed by atoms with van der Waals surface area (Å²) in [4.78, 5) is 0. The molecule has 0 aliphatic carbocycles. The van der Waals surface area contributed by atoms with Crippen LogP contribution in [0.25, 0.3) is 0 Å². The summed E-state index contributed by atoms with van der Waals surface area (Å²) in [5, 5.41) is 3.47. The van der Waals surface area contributed by atoms with Gasteiger partial charge >= 0.3 is 0 Å². The third-order valence-corrected chi connectivity index (χ3v) is 4.42. The van der Waals surface area contributed by atoms with Crippen molar-refractivity contribution in [3.63, 3.8) is 0 Å². The third kappa shape index (κ3) is 3.36. The van der Waals surface area contributed by atoms with Crippen molar-refractivity contribution in [1.82, 2.24) is 5.32 Å². The molecule has 0 amide bonds. The second kappa shape index (κ2) is 6.44. The summed E-state index contributed by atoms with van der Waals surface area (Å²) in [7, 11) is 2.04. The van der Waals surface area contributed by atoms with Gasteiger partial charge in [0.1, 0.15) is 0 Å². The molecule has 1 nitrogen and oxygen atoms in total. The molecule has 112 valence electrons. The van der Waals surface area contributed by atoms with Crippen LogP contribution in [0, 0.1) is 20.8 Å². The number of hydrogen-bond acceptors (Lipinski definition) is 1. The minimum absolute atomic E-state index is 0.255. The maximum absolute atomic E-state index is 3.47. The fraction of sp³-hybridized carbons (Fsp3) is 0.400. The highest BCUT2D eigenvalue weighted by Gasteiger charge is 2.15. The third-order valence-electron chi connectivity index (χ3n) is 4.42. The molecule has 0 aromatic heterocycles. The first kappa shape index (κ1) is 15.8. The molecule has 0 spiro atoms. The summed E-state index contributed by atoms with van der Waals surface area (Å²) in [6.07, 6.45) is 0. The summed E-state index contributed by atoms with van der Waals surface area (Å²) >= 11 is 0. The van der Waals surface area contributed by atoms with Crippen LogP contribution in [0.1, 0.15) is 59.2 Å². The van der Waals surface area contributed by atoms with Crippen LogP contribution in [0.5, 0.6) is 0 Å². The molecule has 1 N–H and O–H groups in total. The summed E-state index contributed by atoms with van der Waals surface area (Å²) in [5.74, 6) is 0.579. The van der Waals surface area contributed by atoms with Crippen LogP contribution in [0.4, 0.5) is 0 Å². The van der Waals surface area contributed by atoms with E-state index in [1.165, 1.54) is 33.4 Å². The van der Waals surface area contributed by atoms with Crippen molar-refractivity contribution >= 4 is 0 Å². The van der Waals surface area contributed by atoms with Crippen LogP contribution >= 0.6 is 0 Å². The minimum atomic E-state index is 0.255. The van der Waals surface area contributed by atoms with Gasteiger partial charge in [0.15, 0.2) is 0 Å². The number of benzene rings is 2. The molecule has 0 radical (unpaired) electrons. The largest absolute Gasteiger partial charge is 0.309 e. The number of rotatable bonds is 4. The van der Waals surface area contributed by atoms with E-state index in [0.29, 0.717) is 5.92 Å². The molecule has 1 atom stereocenters. The maximum Gasteiger partial charge on any atom is 0.0576 e. The molecular formula is C20H27N. The fourth-order valence-corrected chi connectivity index (χ4v) is 2.87. The maximum atomic E-state index is 3.47. The molecule has 0 heterocycles. The topological polar surface area (TPSA) is 12.0 Å². The molecule has 0 saturated heterocycles. The Morgan fingerprint density at radius 1 is 0.762 bits per heavy atom. The lowest BCUT2D eigenvalue weighted by atomic mass is 9.90. The van der Waals surface area contributed by atoms with Crippen molar-refractivity contribution in [3.8, 4) is 0 Å². The lowest BCUT2D eigenvalue weighted by molar-refractivity contribution is 0.685. The van der Waals surface area contributed by atoms with Crippen LogP contribution in [0.15, 0.2) is 36.4 Å². The molecular weight excluding hydrogens is 254 g/mol. The Hall–Kier alpha value is -1.60. The van der Waals surface area contributed by atoms with Crippen molar-refractivity contribution in [2.45, 2.75) is 46.6 Å². The molecule has 1 heteroatoms. The van der Waals surface area contributed by atoms with Gasteiger partial charge in [0.05, 0.1) is 6.04 Å². The Morgan fingerprint density at radius 3 is 1.81 bits per heavy atom. The molecule has 1 unspecified atom stereocenters. The first-order valence-electron chi connectivity index (χ1n) is 7.79. The summed E-state index contributed by atoms with van der Waals surface area (Å²) < 4.78 is 0. The number of nitrogens with one attached hydrogen (secondary N) is 1. The zero-order valence-corrected chi connectivity index (χ0v) is 14.1. The minimum Gasteiger partial charge on any atom is -0.309 e. The van der Waals surface area contributed by atoms with E-state index in [1.807, 2.05) is 7.05 Å². The average molecular weight is 281 g/mol. The first-order chi connectivity index (χ1) is 9.93. The van der Waals surface area contributed by atoms with Crippen LogP contribution in [-0.2, 0) is 0 Å². The van der Waals surface area contributed by atoms with Crippen LogP contribution in [0.2, 0.25) is 0 Å². The van der Waals surface area contributed by atoms with Crippen molar-refractivity contribution < 1.29 is 0 Å². The number of aryl methyl sites for hydroxylation is 3. The van der Waals surface area contributed by atoms with E-state index in [1.54, 1.807) is 0 Å². The normalized spacial score (nSPS) is 12.7. The molecule has 0 saturated carbocycles. The van der Waals surface area contributed by atoms with Crippen molar-refractivity contribution in [3.05, 3.63) is 69.8 Å². The van der Waals surface area contributed by atoms with E-state index in [0.717, 1.165) is 0 Å². The van der Waals surface area contributed by atoms with Gasteiger partial charge in [-0.15, -0.1) is 0 Å². The van der Waals surface area contributed by atoms with Gasteiger partial charge in [-0.1, -0.05) is 50.2 Å². The monoisotopic (exact) mass is 281 g/mol. The standard InChI is InChI=1S/C20H27N/c1-13(2)17-7-9-18(10-8-17)20(21-6)19-12-15(4)14(3)11-16(19)5/h7-13,20-21H,1-6H3. The average Bonchev–Trinajstić information content (AvgIpc) is 2.45. The van der Waals surface area contributed by atoms with Gasteiger partial charge in [-0.25, -0.2) is 0 Å². The Morgan fingerprint density at radius 2 is 1.29 bits per heavy atom. The van der Waals surface area contributed by atoms with Gasteiger partial charge in [-0.2, -0.15) is 0 Å². The van der Waals surface area contributed by atoms with Gasteiger partial charge in [0, 0.05) is 0 Å². The van der Waals surface area contributed by atoms with E-state index in [-0.39, 0.29) is 6.04 Å². The Balaban J connectivity index is 2.42. The van der Waals surface area contributed by atoms with Crippen LogP contribution < -0.4 is 5.32 Å². The highest BCUT2D eigenvalue weighted by Crippen LogP contribution is 2.28. The Bertz CT molecular complexity index is 608. The highest BCUT2D eigenvalue weighted by atomic mass is 14.9. The summed E-state index contributed by atoms with van der Waals surface area (Å²) in [5.41, 5.74) is 8.16. The molecule has 2 aromatic rings. The van der Waals surface area contributed by atoms with Gasteiger partial charge in [-0.3, -0.25) is 0 Å². The Kier molecular flexibility index (Phi) is 4.84. The number of hydrogen-bond donors (Lipinski definition) is 1. The van der Waals surface area contributed by atoms with Crippen LogP contribution in [0.3, 0.4) is 0 Å². The molecule has 21 heavy (non-hydrogen) atoms. The highest BCUT2D eigenvalue weighted by molar-refractivity contribution is 5.43. The zero-order valence-electron chi connectivity index (χ0n) is 14.1. The smallest absolute Gasteiger partial charge is 0.0576 e. The SMILES string of the molecule is CNC(c1ccc(C(C)C)cc1)c1cc(C)c(C)cc1C. The van der Waals surface area contributed by atoms with E-state index in [4.69, 9.17) is 0 Å². The fourth-order valence-electron chi connectivity index (χ4n) is 2.87. The molecule has 0 bridgehead atoms. The quantitative estimate of drug-likeness (QED) is 0.827. The van der Waals surface area contributed by atoms with Gasteiger partial charge < -0.3 is 5.32 Å². The Labute approximate surface area is 129 Å². The van der Waals surface area contributed by atoms with Crippen molar-refractivity contribution in [2.24, 2.45) is 0 Å². The molecule has 0 aliphatic heterocycles. The molecule has 0 aliphatic rings. The van der Waals surface area contributed by atoms with Gasteiger partial charge in [-0.05, 0) is 67.1 Å². The van der Waals surface area contributed by atoms with E-state index >= 15 is 0 Å². The summed E-state index contributed by atoms with van der Waals surface area (Å²) in [6, 6.07) is 13.9. The predicted molar refractivity (Wildman–Crippen MR) is 92.1 cm³/mol. The first-order valence-corrected chi connectivity index (χ1v) is 7.79. The van der Waals surface area contributed by atoms with Gasteiger partial charge in [0.2, 0.25) is 0 Å². The van der Waals surface area contributed by atoms with Crippen molar-refractivity contribution in [2.75, 3.05) is 7.05 Å². The molecule has 2 aromatic carbocycles. The van der Waals surface area contributed by atoms with Crippen molar-refractivity contribution in [1.29, 1.82) is 0 Å². The summed E-state index contributed by atoms with van der Waals surface area (Å²) in [6.45, 7) is 11.0. The van der Waals surface area contributed by atoms with Crippen LogP contribution in [-0.4, -0.2) is 7.05 Å². The molecule has 2 rings (SSSR count). The lowest BCUT2D eigenvalue weighted by Crippen LogP contribution is -2.19. The van der Waals surface area contributed by atoms with E-state index < -0.39 is 0 Å². The lowest BCUT2D eigenvalue weighted by Gasteiger charge is -2.21.